The van der Waals surface area contributed by atoms with Crippen LogP contribution in [0.4, 0.5) is 0 Å². The minimum atomic E-state index is -0.378. The lowest BCUT2D eigenvalue weighted by atomic mass is 10.2. The van der Waals surface area contributed by atoms with Gasteiger partial charge in [-0.15, -0.1) is 0 Å². The van der Waals surface area contributed by atoms with Crippen LogP contribution < -0.4 is 0 Å². The van der Waals surface area contributed by atoms with E-state index in [1.165, 1.54) is 23.5 Å². The average molecular weight is 555 g/mol. The van der Waals surface area contributed by atoms with Crippen molar-refractivity contribution in [2.45, 2.75) is 51.1 Å². The van der Waals surface area contributed by atoms with Gasteiger partial charge in [0.25, 0.3) is 0 Å². The number of benzene rings is 2. The fraction of sp³-hybridized carbons (Fsp3) is 0.370. The van der Waals surface area contributed by atoms with Crippen LogP contribution in [0.1, 0.15) is 48.4 Å². The number of aryl methyl sites for hydroxylation is 2. The number of ether oxygens (including phenoxy) is 2. The van der Waals surface area contributed by atoms with Crippen LogP contribution in [-0.4, -0.2) is 61.5 Å². The number of hydrogen-bond acceptors (Lipinski definition) is 9. The summed E-state index contributed by atoms with van der Waals surface area (Å²) in [5, 5.41) is 1.46. The Labute approximate surface area is 229 Å². The van der Waals surface area contributed by atoms with Crippen molar-refractivity contribution >= 4 is 63.3 Å². The van der Waals surface area contributed by atoms with Gasteiger partial charge in [0.2, 0.25) is 0 Å². The van der Waals surface area contributed by atoms with Crippen molar-refractivity contribution in [3.05, 3.63) is 47.5 Å². The molecular formula is C27H30N4O5S2. The predicted octanol–water partition coefficient (Wildman–Crippen LogP) is 5.23. The summed E-state index contributed by atoms with van der Waals surface area (Å²) < 4.78 is 14.3. The number of fused-ring (bicyclic) bond motifs is 2. The molecule has 0 N–H and O–H groups in total. The molecule has 0 aliphatic carbocycles. The molecule has 4 aromatic rings. The van der Waals surface area contributed by atoms with Gasteiger partial charge in [0, 0.05) is 13.1 Å². The molecule has 38 heavy (non-hydrogen) atoms. The minimum Gasteiger partial charge on any atom is -0.462 e. The number of rotatable bonds is 12. The van der Waals surface area contributed by atoms with Crippen LogP contribution in [0.2, 0.25) is 0 Å². The lowest BCUT2D eigenvalue weighted by Crippen LogP contribution is -2.07. The van der Waals surface area contributed by atoms with E-state index in [-0.39, 0.29) is 29.2 Å². The van der Waals surface area contributed by atoms with E-state index in [1.54, 1.807) is 38.1 Å². The predicted molar refractivity (Wildman–Crippen MR) is 149 cm³/mol. The Bertz CT molecular complexity index is 1380. The highest BCUT2D eigenvalue weighted by atomic mass is 32.2. The number of esters is 2. The Balaban J connectivity index is 1.44. The quantitative estimate of drug-likeness (QED) is 0.172. The summed E-state index contributed by atoms with van der Waals surface area (Å²) >= 11 is 2.77. The lowest BCUT2D eigenvalue weighted by molar-refractivity contribution is -0.114. The molecule has 0 aliphatic rings. The number of aromatic nitrogens is 4. The van der Waals surface area contributed by atoms with Crippen LogP contribution in [0.3, 0.4) is 0 Å². The third-order valence-corrected chi connectivity index (χ3v) is 7.88. The van der Waals surface area contributed by atoms with Crippen LogP contribution in [-0.2, 0) is 27.4 Å². The molecular weight excluding hydrogens is 524 g/mol. The van der Waals surface area contributed by atoms with E-state index >= 15 is 0 Å². The van der Waals surface area contributed by atoms with E-state index in [1.807, 2.05) is 35.1 Å². The van der Waals surface area contributed by atoms with Crippen molar-refractivity contribution in [3.8, 4) is 0 Å². The van der Waals surface area contributed by atoms with E-state index in [4.69, 9.17) is 9.47 Å². The molecule has 2 heterocycles. The first-order valence-corrected chi connectivity index (χ1v) is 14.5. The maximum atomic E-state index is 12.8. The Morgan fingerprint density at radius 1 is 0.711 bits per heavy atom. The molecule has 2 aromatic carbocycles. The topological polar surface area (TPSA) is 105 Å². The fourth-order valence-electron chi connectivity index (χ4n) is 4.06. The van der Waals surface area contributed by atoms with Gasteiger partial charge in [-0.3, -0.25) is 4.79 Å². The normalized spacial score (nSPS) is 11.3. The molecule has 0 bridgehead atoms. The summed E-state index contributed by atoms with van der Waals surface area (Å²) in [5.74, 6) is -0.168. The SMILES string of the molecule is CCOC(=O)c1ccc2c(c1)nc(SCC(=O)CSc1nc3cc(C(=O)OCC)ccc3n1CC)n2CC. The Morgan fingerprint density at radius 3 is 1.50 bits per heavy atom. The number of carbonyl (C=O) groups excluding carboxylic acids is 3. The van der Waals surface area contributed by atoms with E-state index in [2.05, 4.69) is 9.97 Å². The molecule has 4 rings (SSSR count). The molecule has 11 heteroatoms. The third-order valence-electron chi connectivity index (χ3n) is 5.81. The highest BCUT2D eigenvalue weighted by Gasteiger charge is 2.17. The number of thioether (sulfide) groups is 2. The van der Waals surface area contributed by atoms with E-state index in [9.17, 15) is 14.4 Å². The summed E-state index contributed by atoms with van der Waals surface area (Å²) in [7, 11) is 0. The van der Waals surface area contributed by atoms with Crippen molar-refractivity contribution in [1.82, 2.24) is 19.1 Å². The number of carbonyl (C=O) groups is 3. The summed E-state index contributed by atoms with van der Waals surface area (Å²) in [5.41, 5.74) is 4.11. The molecule has 0 aliphatic heterocycles. The van der Waals surface area contributed by atoms with E-state index < -0.39 is 0 Å². The van der Waals surface area contributed by atoms with Gasteiger partial charge in [-0.05, 0) is 64.1 Å². The molecule has 0 fully saturated rings. The van der Waals surface area contributed by atoms with Gasteiger partial charge in [0.05, 0.1) is 57.9 Å². The molecule has 0 amide bonds. The number of nitrogens with zero attached hydrogens (tertiary/aromatic N) is 4. The number of imidazole rings is 2. The molecule has 0 saturated carbocycles. The summed E-state index contributed by atoms with van der Waals surface area (Å²) in [6, 6.07) is 10.7. The lowest BCUT2D eigenvalue weighted by Gasteiger charge is -2.07. The maximum absolute atomic E-state index is 12.8. The van der Waals surface area contributed by atoms with Crippen molar-refractivity contribution in [2.75, 3.05) is 24.7 Å². The molecule has 0 unspecified atom stereocenters. The number of ketones is 1. The highest BCUT2D eigenvalue weighted by molar-refractivity contribution is 8.01. The van der Waals surface area contributed by atoms with Crippen LogP contribution >= 0.6 is 23.5 Å². The van der Waals surface area contributed by atoms with Gasteiger partial charge in [-0.2, -0.15) is 0 Å². The smallest absolute Gasteiger partial charge is 0.338 e. The van der Waals surface area contributed by atoms with Gasteiger partial charge in [0.1, 0.15) is 0 Å². The molecule has 0 saturated heterocycles. The maximum Gasteiger partial charge on any atom is 0.338 e. The highest BCUT2D eigenvalue weighted by Crippen LogP contribution is 2.28. The second kappa shape index (κ2) is 12.5. The zero-order valence-electron chi connectivity index (χ0n) is 21.9. The number of Topliss-reactive ketones (excluding diaryl/α,β-unsaturated/α-hetero) is 1. The molecule has 0 spiro atoms. The first-order chi connectivity index (χ1) is 18.4. The van der Waals surface area contributed by atoms with Gasteiger partial charge in [-0.25, -0.2) is 19.6 Å². The summed E-state index contributed by atoms with van der Waals surface area (Å²) in [6.45, 7) is 9.58. The van der Waals surface area contributed by atoms with Crippen molar-refractivity contribution < 1.29 is 23.9 Å². The Kier molecular flexibility index (Phi) is 9.11. The standard InChI is InChI=1S/C27H30N4O5S2/c1-5-30-22-11-9-17(24(33)35-7-3)13-20(22)28-26(30)37-15-19(32)16-38-27-29-21-14-18(25(34)36-8-4)10-12-23(21)31(27)6-2/h9-14H,5-8,15-16H2,1-4H3. The van der Waals surface area contributed by atoms with Gasteiger partial charge in [-0.1, -0.05) is 23.5 Å². The summed E-state index contributed by atoms with van der Waals surface area (Å²) in [4.78, 5) is 46.3. The Morgan fingerprint density at radius 2 is 1.13 bits per heavy atom. The minimum absolute atomic E-state index is 0.0591. The van der Waals surface area contributed by atoms with Crippen LogP contribution in [0.25, 0.3) is 22.1 Å². The molecule has 0 radical (unpaired) electrons. The molecule has 9 nitrogen and oxygen atoms in total. The molecule has 200 valence electrons. The largest absolute Gasteiger partial charge is 0.462 e. The van der Waals surface area contributed by atoms with Crippen molar-refractivity contribution in [3.63, 3.8) is 0 Å². The fourth-order valence-corrected chi connectivity index (χ4v) is 6.07. The van der Waals surface area contributed by atoms with Gasteiger partial charge in [0.15, 0.2) is 16.1 Å². The van der Waals surface area contributed by atoms with Crippen molar-refractivity contribution in [1.29, 1.82) is 0 Å². The molecule has 2 aromatic heterocycles. The second-order valence-electron chi connectivity index (χ2n) is 8.24. The summed E-state index contributed by atoms with van der Waals surface area (Å²) in [6.07, 6.45) is 0. The van der Waals surface area contributed by atoms with E-state index in [0.717, 1.165) is 21.3 Å². The second-order valence-corrected chi connectivity index (χ2v) is 10.1. The first kappa shape index (κ1) is 27.7. The first-order valence-electron chi connectivity index (χ1n) is 12.5. The zero-order chi connectivity index (χ0) is 27.2. The monoisotopic (exact) mass is 554 g/mol. The third kappa shape index (κ3) is 5.88. The Hall–Kier alpha value is -3.31. The molecule has 0 atom stereocenters. The van der Waals surface area contributed by atoms with Gasteiger partial charge >= 0.3 is 11.9 Å². The van der Waals surface area contributed by atoms with Crippen LogP contribution in [0, 0.1) is 0 Å². The zero-order valence-corrected chi connectivity index (χ0v) is 23.5. The van der Waals surface area contributed by atoms with E-state index in [0.29, 0.717) is 48.5 Å². The van der Waals surface area contributed by atoms with Crippen LogP contribution in [0.15, 0.2) is 46.7 Å². The van der Waals surface area contributed by atoms with Crippen LogP contribution in [0.5, 0.6) is 0 Å². The average Bonchev–Trinajstić information content (AvgIpc) is 3.46. The van der Waals surface area contributed by atoms with Crippen molar-refractivity contribution in [2.24, 2.45) is 0 Å². The van der Waals surface area contributed by atoms with Gasteiger partial charge < -0.3 is 18.6 Å². The number of hydrogen-bond donors (Lipinski definition) is 0.